The number of aliphatic hydroxyl groups excluding tert-OH is 1. The summed E-state index contributed by atoms with van der Waals surface area (Å²) in [5.41, 5.74) is 3.21. The van der Waals surface area contributed by atoms with Gasteiger partial charge in [-0.15, -0.1) is 0 Å². The second kappa shape index (κ2) is 15.8. The number of allylic oxidation sites excluding steroid dienone is 2. The molecule has 0 aliphatic carbocycles. The average Bonchev–Trinajstić information content (AvgIpc) is 2.81. The van der Waals surface area contributed by atoms with Gasteiger partial charge in [0.15, 0.2) is 0 Å². The van der Waals surface area contributed by atoms with Gasteiger partial charge in [-0.1, -0.05) is 29.9 Å². The molecule has 0 bridgehead atoms. The van der Waals surface area contributed by atoms with Gasteiger partial charge in [0.25, 0.3) is 0 Å². The lowest BCUT2D eigenvalue weighted by molar-refractivity contribution is -0.140. The molecule has 2 aromatic carbocycles. The summed E-state index contributed by atoms with van der Waals surface area (Å²) in [5, 5.41) is 27.2. The van der Waals surface area contributed by atoms with Crippen LogP contribution in [-0.4, -0.2) is 46.4 Å². The minimum atomic E-state index is -0.466. The number of benzene rings is 2. The molecule has 0 heterocycles. The Morgan fingerprint density at radius 1 is 0.757 bits per heavy atom. The molecular formula is C28H34O9. The summed E-state index contributed by atoms with van der Waals surface area (Å²) in [4.78, 5) is 33.0. The fraction of sp³-hybridized carbons (Fsp3) is 0.321. The normalized spacial score (nSPS) is 11.2. The Morgan fingerprint density at radius 2 is 1.35 bits per heavy atom. The molecule has 0 spiro atoms. The van der Waals surface area contributed by atoms with Crippen LogP contribution in [0.4, 0.5) is 0 Å². The van der Waals surface area contributed by atoms with Crippen LogP contribution < -0.4 is 9.47 Å². The minimum Gasteiger partial charge on any atom is -0.508 e. The van der Waals surface area contributed by atoms with Gasteiger partial charge < -0.3 is 29.5 Å². The van der Waals surface area contributed by atoms with Gasteiger partial charge in [0.05, 0.1) is 6.61 Å². The molecule has 200 valence electrons. The van der Waals surface area contributed by atoms with Crippen LogP contribution in [0.3, 0.4) is 0 Å². The highest BCUT2D eigenvalue weighted by atomic mass is 16.5. The van der Waals surface area contributed by atoms with Gasteiger partial charge >= 0.3 is 17.9 Å². The van der Waals surface area contributed by atoms with Crippen LogP contribution in [0.5, 0.6) is 23.0 Å². The van der Waals surface area contributed by atoms with Crippen LogP contribution in [0.25, 0.3) is 0 Å². The predicted octanol–water partition coefficient (Wildman–Crippen LogP) is 4.17. The molecule has 0 aliphatic heterocycles. The van der Waals surface area contributed by atoms with Crippen molar-refractivity contribution in [2.24, 2.45) is 0 Å². The van der Waals surface area contributed by atoms with Gasteiger partial charge in [-0.05, 0) is 55.5 Å². The van der Waals surface area contributed by atoms with E-state index in [1.54, 1.807) is 18.2 Å². The van der Waals surface area contributed by atoms with Crippen molar-refractivity contribution in [1.29, 1.82) is 0 Å². The van der Waals surface area contributed by atoms with Crippen molar-refractivity contribution in [2.45, 2.75) is 47.5 Å². The lowest BCUT2D eigenvalue weighted by Gasteiger charge is -2.10. The van der Waals surface area contributed by atoms with E-state index in [0.29, 0.717) is 24.3 Å². The molecule has 0 unspecified atom stereocenters. The molecule has 0 radical (unpaired) electrons. The first-order valence-electron chi connectivity index (χ1n) is 11.5. The number of ether oxygens (including phenoxy) is 3. The highest BCUT2D eigenvalue weighted by molar-refractivity contribution is 5.71. The SMILES string of the molecule is C/C(=C\Cc1ccc(O)cc1O)CO.CC(=O)OCC(C)=CCc1ccc(OC(C)=O)cc1OC(C)=O. The first kappa shape index (κ1) is 30.9. The van der Waals surface area contributed by atoms with Crippen LogP contribution in [0, 0.1) is 0 Å². The number of carbonyl (C=O) groups excluding carboxylic acids is 3. The summed E-state index contributed by atoms with van der Waals surface area (Å²) in [6, 6.07) is 9.32. The van der Waals surface area contributed by atoms with Crippen molar-refractivity contribution >= 4 is 17.9 Å². The number of aliphatic hydroxyl groups is 1. The molecule has 0 aromatic heterocycles. The number of esters is 3. The Kier molecular flexibility index (Phi) is 13.2. The number of aromatic hydroxyl groups is 2. The minimum absolute atomic E-state index is 0.0266. The fourth-order valence-corrected chi connectivity index (χ4v) is 2.81. The Morgan fingerprint density at radius 3 is 1.92 bits per heavy atom. The second-order valence-corrected chi connectivity index (χ2v) is 8.22. The number of phenols is 2. The van der Waals surface area contributed by atoms with Crippen molar-refractivity contribution < 1.29 is 43.9 Å². The van der Waals surface area contributed by atoms with E-state index >= 15 is 0 Å². The average molecular weight is 515 g/mol. The zero-order valence-corrected chi connectivity index (χ0v) is 21.7. The quantitative estimate of drug-likeness (QED) is 0.255. The van der Waals surface area contributed by atoms with Crippen LogP contribution in [0.1, 0.15) is 45.7 Å². The maximum Gasteiger partial charge on any atom is 0.308 e. The Hall–Kier alpha value is -4.11. The van der Waals surface area contributed by atoms with E-state index in [0.717, 1.165) is 22.3 Å². The van der Waals surface area contributed by atoms with Gasteiger partial charge in [-0.2, -0.15) is 0 Å². The molecule has 9 nitrogen and oxygen atoms in total. The summed E-state index contributed by atoms with van der Waals surface area (Å²) >= 11 is 0. The third-order valence-corrected chi connectivity index (χ3v) is 4.72. The Balaban J connectivity index is 0.000000417. The van der Waals surface area contributed by atoms with Gasteiger partial charge in [0.1, 0.15) is 29.6 Å². The maximum atomic E-state index is 11.2. The topological polar surface area (TPSA) is 140 Å². The summed E-state index contributed by atoms with van der Waals surface area (Å²) < 4.78 is 15.0. The van der Waals surface area contributed by atoms with Crippen LogP contribution in [0.2, 0.25) is 0 Å². The Labute approximate surface area is 216 Å². The van der Waals surface area contributed by atoms with Crippen LogP contribution in [-0.2, 0) is 32.0 Å². The molecule has 0 saturated carbocycles. The van der Waals surface area contributed by atoms with Crippen molar-refractivity contribution in [3.8, 4) is 23.0 Å². The number of phenolic OH excluding ortho intramolecular Hbond substituents is 2. The first-order valence-corrected chi connectivity index (χ1v) is 11.5. The van der Waals surface area contributed by atoms with Crippen molar-refractivity contribution in [3.63, 3.8) is 0 Å². The van der Waals surface area contributed by atoms with E-state index in [9.17, 15) is 19.5 Å². The molecule has 9 heteroatoms. The summed E-state index contributed by atoms with van der Waals surface area (Å²) in [6.45, 7) is 7.83. The molecule has 37 heavy (non-hydrogen) atoms. The monoisotopic (exact) mass is 514 g/mol. The van der Waals surface area contributed by atoms with Crippen molar-refractivity contribution in [3.05, 3.63) is 70.8 Å². The zero-order valence-electron chi connectivity index (χ0n) is 21.7. The highest BCUT2D eigenvalue weighted by Gasteiger charge is 2.09. The van der Waals surface area contributed by atoms with E-state index in [1.165, 1.54) is 39.0 Å². The number of hydrogen-bond acceptors (Lipinski definition) is 9. The van der Waals surface area contributed by atoms with Gasteiger partial charge in [-0.25, -0.2) is 0 Å². The fourth-order valence-electron chi connectivity index (χ4n) is 2.81. The smallest absolute Gasteiger partial charge is 0.308 e. The number of carbonyl (C=O) groups is 3. The highest BCUT2D eigenvalue weighted by Crippen LogP contribution is 2.26. The summed E-state index contributed by atoms with van der Waals surface area (Å²) in [5.74, 6) is -0.508. The first-order chi connectivity index (χ1) is 17.4. The molecule has 0 atom stereocenters. The molecule has 0 aliphatic rings. The molecule has 2 aromatic rings. The van der Waals surface area contributed by atoms with Crippen molar-refractivity contribution in [2.75, 3.05) is 13.2 Å². The van der Waals surface area contributed by atoms with Gasteiger partial charge in [0.2, 0.25) is 0 Å². The molecule has 2 rings (SSSR count). The van der Waals surface area contributed by atoms with Gasteiger partial charge in [0, 0.05) is 32.9 Å². The van der Waals surface area contributed by atoms with E-state index in [4.69, 9.17) is 24.4 Å². The largest absolute Gasteiger partial charge is 0.508 e. The predicted molar refractivity (Wildman–Crippen MR) is 137 cm³/mol. The van der Waals surface area contributed by atoms with E-state index < -0.39 is 11.9 Å². The summed E-state index contributed by atoms with van der Waals surface area (Å²) in [7, 11) is 0. The van der Waals surface area contributed by atoms with Crippen LogP contribution >= 0.6 is 0 Å². The zero-order chi connectivity index (χ0) is 28.0. The standard InChI is InChI=1S/C17H20O6.C11H14O3/c1-11(10-21-12(2)18)5-6-15-7-8-16(22-13(3)19)9-17(15)23-14(4)20;1-8(7-12)2-3-9-4-5-10(13)6-11(9)14/h5,7-9H,6,10H2,1-4H3;2,4-6,12-14H,3,7H2,1H3/b;8-2+. The summed E-state index contributed by atoms with van der Waals surface area (Å²) in [6.07, 6.45) is 4.75. The van der Waals surface area contributed by atoms with Gasteiger partial charge in [-0.3, -0.25) is 14.4 Å². The van der Waals surface area contributed by atoms with Crippen LogP contribution in [0.15, 0.2) is 59.7 Å². The third-order valence-electron chi connectivity index (χ3n) is 4.72. The van der Waals surface area contributed by atoms with E-state index in [2.05, 4.69) is 0 Å². The third kappa shape index (κ3) is 13.0. The number of hydrogen-bond donors (Lipinski definition) is 3. The molecular weight excluding hydrogens is 480 g/mol. The van der Waals surface area contributed by atoms with E-state index in [1.807, 2.05) is 26.0 Å². The molecule has 0 fully saturated rings. The van der Waals surface area contributed by atoms with E-state index in [-0.39, 0.29) is 30.7 Å². The lowest BCUT2D eigenvalue weighted by atomic mass is 10.1. The maximum absolute atomic E-state index is 11.2. The molecule has 3 N–H and O–H groups in total. The second-order valence-electron chi connectivity index (χ2n) is 8.22. The Bertz CT molecular complexity index is 1150. The molecule has 0 amide bonds. The van der Waals surface area contributed by atoms with Crippen molar-refractivity contribution in [1.82, 2.24) is 0 Å². The lowest BCUT2D eigenvalue weighted by Crippen LogP contribution is -2.06. The number of rotatable bonds is 9. The molecule has 0 saturated heterocycles.